The Morgan fingerprint density at radius 1 is 1.54 bits per heavy atom. The number of aliphatic imine (C=N–C) groups is 1. The van der Waals surface area contributed by atoms with Crippen molar-refractivity contribution in [2.24, 2.45) is 10.7 Å². The fraction of sp³-hybridized carbons (Fsp3) is 0.222. The van der Waals surface area contributed by atoms with Crippen LogP contribution in [0.25, 0.3) is 0 Å². The fourth-order valence-corrected chi connectivity index (χ4v) is 2.13. The number of nitrogens with two attached hydrogens (primary N) is 1. The number of hydrogen-bond acceptors (Lipinski definition) is 2. The highest BCUT2D eigenvalue weighted by molar-refractivity contribution is 9.10. The standard InChI is InChI=1S/C9H11BrN2S/c1-12-9(11)13-6-7-4-2-3-5-8(7)10/h2-5H,6H2,1H3,(H2,11,12). The van der Waals surface area contributed by atoms with Crippen LogP contribution in [-0.2, 0) is 5.75 Å². The van der Waals surface area contributed by atoms with Gasteiger partial charge >= 0.3 is 0 Å². The summed E-state index contributed by atoms with van der Waals surface area (Å²) in [6, 6.07) is 8.10. The Bertz CT molecular complexity index is 312. The van der Waals surface area contributed by atoms with Gasteiger partial charge in [0.2, 0.25) is 0 Å². The largest absolute Gasteiger partial charge is 0.379 e. The van der Waals surface area contributed by atoms with Gasteiger partial charge in [0.1, 0.15) is 0 Å². The van der Waals surface area contributed by atoms with Gasteiger partial charge in [-0.3, -0.25) is 4.99 Å². The maximum Gasteiger partial charge on any atom is 0.153 e. The number of amidine groups is 1. The van der Waals surface area contributed by atoms with Crippen molar-refractivity contribution in [3.8, 4) is 0 Å². The Labute approximate surface area is 90.8 Å². The molecule has 0 aliphatic carbocycles. The molecular weight excluding hydrogens is 248 g/mol. The molecule has 1 aromatic carbocycles. The van der Waals surface area contributed by atoms with Gasteiger partial charge < -0.3 is 5.73 Å². The Morgan fingerprint density at radius 3 is 2.85 bits per heavy atom. The molecule has 4 heteroatoms. The number of nitrogens with zero attached hydrogens (tertiary/aromatic N) is 1. The lowest BCUT2D eigenvalue weighted by molar-refractivity contribution is 1.38. The molecule has 1 aromatic rings. The van der Waals surface area contributed by atoms with E-state index in [4.69, 9.17) is 5.73 Å². The Hall–Kier alpha value is -0.480. The van der Waals surface area contributed by atoms with Crippen molar-refractivity contribution < 1.29 is 0 Å². The molecule has 0 radical (unpaired) electrons. The molecule has 2 nitrogen and oxygen atoms in total. The topological polar surface area (TPSA) is 38.4 Å². The van der Waals surface area contributed by atoms with Crippen LogP contribution in [0, 0.1) is 0 Å². The second-order valence-corrected chi connectivity index (χ2v) is 4.29. The average molecular weight is 259 g/mol. The molecule has 1 rings (SSSR count). The van der Waals surface area contributed by atoms with Crippen molar-refractivity contribution in [1.29, 1.82) is 0 Å². The third-order valence-electron chi connectivity index (χ3n) is 1.55. The molecule has 0 saturated carbocycles. The van der Waals surface area contributed by atoms with Gasteiger partial charge in [0.25, 0.3) is 0 Å². The molecule has 0 saturated heterocycles. The van der Waals surface area contributed by atoms with Crippen LogP contribution in [0.4, 0.5) is 0 Å². The molecule has 2 N–H and O–H groups in total. The third-order valence-corrected chi connectivity index (χ3v) is 3.26. The fourth-order valence-electron chi connectivity index (χ4n) is 0.832. The zero-order valence-electron chi connectivity index (χ0n) is 7.33. The highest BCUT2D eigenvalue weighted by Gasteiger charge is 1.99. The van der Waals surface area contributed by atoms with E-state index in [0.717, 1.165) is 10.2 Å². The predicted molar refractivity (Wildman–Crippen MR) is 63.0 cm³/mol. The molecular formula is C9H11BrN2S. The number of rotatable bonds is 2. The van der Waals surface area contributed by atoms with Gasteiger partial charge in [-0.25, -0.2) is 0 Å². The average Bonchev–Trinajstić information content (AvgIpc) is 2.16. The summed E-state index contributed by atoms with van der Waals surface area (Å²) in [5.41, 5.74) is 6.80. The summed E-state index contributed by atoms with van der Waals surface area (Å²) in [5, 5.41) is 0.621. The summed E-state index contributed by atoms with van der Waals surface area (Å²) >= 11 is 5.02. The minimum atomic E-state index is 0.621. The van der Waals surface area contributed by atoms with E-state index in [9.17, 15) is 0 Å². The number of hydrogen-bond donors (Lipinski definition) is 1. The number of thioether (sulfide) groups is 1. The lowest BCUT2D eigenvalue weighted by Crippen LogP contribution is -2.06. The summed E-state index contributed by atoms with van der Waals surface area (Å²) in [4.78, 5) is 3.88. The zero-order valence-corrected chi connectivity index (χ0v) is 9.73. The van der Waals surface area contributed by atoms with E-state index in [2.05, 4.69) is 27.0 Å². The van der Waals surface area contributed by atoms with E-state index in [-0.39, 0.29) is 0 Å². The Kier molecular flexibility index (Phi) is 4.32. The first-order chi connectivity index (χ1) is 6.24. The molecule has 70 valence electrons. The van der Waals surface area contributed by atoms with Crippen LogP contribution in [0.2, 0.25) is 0 Å². The Balaban J connectivity index is 2.60. The molecule has 0 aliphatic heterocycles. The monoisotopic (exact) mass is 258 g/mol. The van der Waals surface area contributed by atoms with Gasteiger partial charge in [-0.1, -0.05) is 45.9 Å². The maximum absolute atomic E-state index is 5.57. The van der Waals surface area contributed by atoms with Gasteiger partial charge in [0, 0.05) is 17.3 Å². The second-order valence-electron chi connectivity index (χ2n) is 2.44. The van der Waals surface area contributed by atoms with Gasteiger partial charge in [0.15, 0.2) is 5.17 Å². The highest BCUT2D eigenvalue weighted by atomic mass is 79.9. The first-order valence-corrected chi connectivity index (χ1v) is 5.60. The Morgan fingerprint density at radius 2 is 2.23 bits per heavy atom. The smallest absolute Gasteiger partial charge is 0.153 e. The van der Waals surface area contributed by atoms with Crippen molar-refractivity contribution in [3.63, 3.8) is 0 Å². The van der Waals surface area contributed by atoms with Crippen molar-refractivity contribution in [2.45, 2.75) is 5.75 Å². The molecule has 0 amide bonds. The molecule has 0 atom stereocenters. The second kappa shape index (κ2) is 5.29. The first kappa shape index (κ1) is 10.6. The van der Waals surface area contributed by atoms with E-state index in [1.54, 1.807) is 18.8 Å². The van der Waals surface area contributed by atoms with Crippen molar-refractivity contribution in [3.05, 3.63) is 34.3 Å². The highest BCUT2D eigenvalue weighted by Crippen LogP contribution is 2.20. The first-order valence-electron chi connectivity index (χ1n) is 3.82. The molecule has 0 fully saturated rings. The summed E-state index contributed by atoms with van der Waals surface area (Å²) < 4.78 is 1.12. The summed E-state index contributed by atoms with van der Waals surface area (Å²) in [5.74, 6) is 0.852. The normalized spacial score (nSPS) is 11.7. The molecule has 0 spiro atoms. The minimum absolute atomic E-state index is 0.621. The predicted octanol–water partition coefficient (Wildman–Crippen LogP) is 2.63. The van der Waals surface area contributed by atoms with Crippen LogP contribution < -0.4 is 5.73 Å². The van der Waals surface area contributed by atoms with E-state index >= 15 is 0 Å². The lowest BCUT2D eigenvalue weighted by atomic mass is 10.2. The van der Waals surface area contributed by atoms with Crippen LogP contribution in [0.1, 0.15) is 5.56 Å². The van der Waals surface area contributed by atoms with Crippen molar-refractivity contribution >= 4 is 32.9 Å². The van der Waals surface area contributed by atoms with E-state index in [0.29, 0.717) is 5.17 Å². The molecule has 13 heavy (non-hydrogen) atoms. The van der Waals surface area contributed by atoms with E-state index < -0.39 is 0 Å². The summed E-state index contributed by atoms with van der Waals surface area (Å²) in [6.07, 6.45) is 0. The molecule has 0 aromatic heterocycles. The van der Waals surface area contributed by atoms with Crippen LogP contribution >= 0.6 is 27.7 Å². The van der Waals surface area contributed by atoms with Gasteiger partial charge in [-0.15, -0.1) is 0 Å². The van der Waals surface area contributed by atoms with Crippen LogP contribution in [0.15, 0.2) is 33.7 Å². The van der Waals surface area contributed by atoms with E-state index in [1.165, 1.54) is 5.56 Å². The third kappa shape index (κ3) is 3.40. The van der Waals surface area contributed by atoms with Crippen molar-refractivity contribution in [1.82, 2.24) is 0 Å². The minimum Gasteiger partial charge on any atom is -0.379 e. The number of benzene rings is 1. The van der Waals surface area contributed by atoms with E-state index in [1.807, 2.05) is 18.2 Å². The van der Waals surface area contributed by atoms with Crippen LogP contribution in [0.5, 0.6) is 0 Å². The van der Waals surface area contributed by atoms with Gasteiger partial charge in [-0.2, -0.15) is 0 Å². The van der Waals surface area contributed by atoms with Crippen LogP contribution in [0.3, 0.4) is 0 Å². The SMILES string of the molecule is CN=C(N)SCc1ccccc1Br. The zero-order chi connectivity index (χ0) is 9.68. The summed E-state index contributed by atoms with van der Waals surface area (Å²) in [7, 11) is 1.70. The number of halogens is 1. The molecule has 0 bridgehead atoms. The molecule has 0 aliphatic rings. The summed E-state index contributed by atoms with van der Waals surface area (Å²) in [6.45, 7) is 0. The molecule has 0 unspecified atom stereocenters. The maximum atomic E-state index is 5.57. The van der Waals surface area contributed by atoms with Crippen LogP contribution in [-0.4, -0.2) is 12.2 Å². The quantitative estimate of drug-likeness (QED) is 0.655. The van der Waals surface area contributed by atoms with Gasteiger partial charge in [0.05, 0.1) is 0 Å². The lowest BCUT2D eigenvalue weighted by Gasteiger charge is -2.02. The van der Waals surface area contributed by atoms with Crippen molar-refractivity contribution in [2.75, 3.05) is 7.05 Å². The molecule has 0 heterocycles. The van der Waals surface area contributed by atoms with Gasteiger partial charge in [-0.05, 0) is 11.6 Å².